The number of halogens is 1. The second-order valence-corrected chi connectivity index (χ2v) is 4.80. The third-order valence-electron chi connectivity index (χ3n) is 3.05. The topological polar surface area (TPSA) is 44.8 Å². The first kappa shape index (κ1) is 14.5. The summed E-state index contributed by atoms with van der Waals surface area (Å²) in [4.78, 5) is 11.4. The molecule has 5 heteroatoms. The van der Waals surface area contributed by atoms with E-state index in [2.05, 4.69) is 0 Å². The summed E-state index contributed by atoms with van der Waals surface area (Å²) in [6.45, 7) is 1.27. The highest BCUT2D eigenvalue weighted by Crippen LogP contribution is 2.25. The molecule has 1 aliphatic carbocycles. The summed E-state index contributed by atoms with van der Waals surface area (Å²) < 4.78 is 16.0. The second-order valence-electron chi connectivity index (χ2n) is 4.40. The SMILES string of the molecule is COCCOC1C(=O)CC1OCc1ccccc1Cl. The van der Waals surface area contributed by atoms with E-state index in [1.54, 1.807) is 7.11 Å². The highest BCUT2D eigenvalue weighted by atomic mass is 35.5. The van der Waals surface area contributed by atoms with Gasteiger partial charge in [0.25, 0.3) is 0 Å². The van der Waals surface area contributed by atoms with Gasteiger partial charge in [-0.3, -0.25) is 4.79 Å². The molecule has 0 N–H and O–H groups in total. The maximum absolute atomic E-state index is 11.4. The van der Waals surface area contributed by atoms with Crippen molar-refractivity contribution in [3.05, 3.63) is 34.9 Å². The Morgan fingerprint density at radius 2 is 2.05 bits per heavy atom. The fourth-order valence-electron chi connectivity index (χ4n) is 1.89. The molecule has 1 aliphatic rings. The van der Waals surface area contributed by atoms with Crippen LogP contribution < -0.4 is 0 Å². The quantitative estimate of drug-likeness (QED) is 0.720. The van der Waals surface area contributed by atoms with Crippen LogP contribution in [0.25, 0.3) is 0 Å². The molecule has 1 aromatic rings. The van der Waals surface area contributed by atoms with E-state index in [9.17, 15) is 4.79 Å². The number of rotatable bonds is 7. The predicted molar refractivity (Wildman–Crippen MR) is 71.3 cm³/mol. The molecule has 0 amide bonds. The Hall–Kier alpha value is -0.940. The molecule has 1 aromatic carbocycles. The second kappa shape index (κ2) is 7.01. The summed E-state index contributed by atoms with van der Waals surface area (Å²) in [5, 5.41) is 0.671. The molecule has 2 rings (SSSR count). The smallest absolute Gasteiger partial charge is 0.166 e. The van der Waals surface area contributed by atoms with E-state index in [0.717, 1.165) is 5.56 Å². The summed E-state index contributed by atoms with van der Waals surface area (Å²) in [7, 11) is 1.59. The van der Waals surface area contributed by atoms with Crippen molar-refractivity contribution in [2.24, 2.45) is 0 Å². The maximum atomic E-state index is 11.4. The molecule has 1 saturated carbocycles. The summed E-state index contributed by atoms with van der Waals surface area (Å²) in [6.07, 6.45) is -0.236. The van der Waals surface area contributed by atoms with E-state index in [0.29, 0.717) is 31.3 Å². The zero-order chi connectivity index (χ0) is 13.7. The van der Waals surface area contributed by atoms with Crippen molar-refractivity contribution in [1.29, 1.82) is 0 Å². The Kier molecular flexibility index (Phi) is 5.34. The molecule has 0 saturated heterocycles. The lowest BCUT2D eigenvalue weighted by molar-refractivity contribution is -0.169. The number of ketones is 1. The minimum atomic E-state index is -0.461. The zero-order valence-corrected chi connectivity index (χ0v) is 11.6. The largest absolute Gasteiger partial charge is 0.382 e. The molecule has 4 nitrogen and oxygen atoms in total. The van der Waals surface area contributed by atoms with Crippen LogP contribution in [-0.4, -0.2) is 38.3 Å². The number of carbonyl (C=O) groups is 1. The van der Waals surface area contributed by atoms with Gasteiger partial charge in [0, 0.05) is 18.6 Å². The molecule has 0 radical (unpaired) electrons. The van der Waals surface area contributed by atoms with Crippen LogP contribution in [0, 0.1) is 0 Å². The molecule has 0 aromatic heterocycles. The predicted octanol–water partition coefficient (Wildman–Crippen LogP) is 2.23. The first-order chi connectivity index (χ1) is 9.22. The minimum Gasteiger partial charge on any atom is -0.382 e. The maximum Gasteiger partial charge on any atom is 0.166 e. The van der Waals surface area contributed by atoms with Crippen molar-refractivity contribution in [2.45, 2.75) is 25.2 Å². The molecule has 1 fully saturated rings. The Labute approximate surface area is 117 Å². The molecular formula is C14H17ClO4. The van der Waals surface area contributed by atoms with Crippen molar-refractivity contribution in [2.75, 3.05) is 20.3 Å². The van der Waals surface area contributed by atoms with Crippen LogP contribution in [-0.2, 0) is 25.6 Å². The van der Waals surface area contributed by atoms with E-state index in [1.165, 1.54) is 0 Å². The Balaban J connectivity index is 1.80. The van der Waals surface area contributed by atoms with Gasteiger partial charge in [-0.05, 0) is 11.6 Å². The molecule has 0 heterocycles. The molecule has 2 unspecified atom stereocenters. The Morgan fingerprint density at radius 1 is 1.26 bits per heavy atom. The monoisotopic (exact) mass is 284 g/mol. The Morgan fingerprint density at radius 3 is 2.74 bits per heavy atom. The van der Waals surface area contributed by atoms with Gasteiger partial charge in [-0.25, -0.2) is 0 Å². The first-order valence-electron chi connectivity index (χ1n) is 6.20. The first-order valence-corrected chi connectivity index (χ1v) is 6.58. The van der Waals surface area contributed by atoms with E-state index >= 15 is 0 Å². The van der Waals surface area contributed by atoms with Gasteiger partial charge in [-0.2, -0.15) is 0 Å². The molecule has 0 bridgehead atoms. The van der Waals surface area contributed by atoms with Crippen molar-refractivity contribution >= 4 is 17.4 Å². The van der Waals surface area contributed by atoms with Gasteiger partial charge >= 0.3 is 0 Å². The van der Waals surface area contributed by atoms with Crippen LogP contribution in [0.1, 0.15) is 12.0 Å². The van der Waals surface area contributed by atoms with Crippen LogP contribution in [0.3, 0.4) is 0 Å². The lowest BCUT2D eigenvalue weighted by Gasteiger charge is -2.34. The summed E-state index contributed by atoms with van der Waals surface area (Å²) in [5.74, 6) is 0.0836. The van der Waals surface area contributed by atoms with Gasteiger partial charge in [0.1, 0.15) is 6.10 Å². The number of methoxy groups -OCH3 is 1. The van der Waals surface area contributed by atoms with Gasteiger partial charge in [0.05, 0.1) is 25.9 Å². The summed E-state index contributed by atoms with van der Waals surface area (Å²) in [6, 6.07) is 7.50. The minimum absolute atomic E-state index is 0.0836. The van der Waals surface area contributed by atoms with E-state index in [4.69, 9.17) is 25.8 Å². The summed E-state index contributed by atoms with van der Waals surface area (Å²) >= 11 is 6.04. The average Bonchev–Trinajstić information content (AvgIpc) is 2.41. The highest BCUT2D eigenvalue weighted by molar-refractivity contribution is 6.31. The number of Topliss-reactive ketones (excluding diaryl/α,β-unsaturated/α-hetero) is 1. The van der Waals surface area contributed by atoms with Crippen LogP contribution in [0.2, 0.25) is 5.02 Å². The number of ether oxygens (including phenoxy) is 3. The average molecular weight is 285 g/mol. The third-order valence-corrected chi connectivity index (χ3v) is 3.42. The van der Waals surface area contributed by atoms with Crippen LogP contribution in [0.15, 0.2) is 24.3 Å². The van der Waals surface area contributed by atoms with Gasteiger partial charge in [0.15, 0.2) is 5.78 Å². The fraction of sp³-hybridized carbons (Fsp3) is 0.500. The highest BCUT2D eigenvalue weighted by Gasteiger charge is 2.41. The lowest BCUT2D eigenvalue weighted by Crippen LogP contribution is -2.50. The fourth-order valence-corrected chi connectivity index (χ4v) is 2.08. The van der Waals surface area contributed by atoms with Gasteiger partial charge in [-0.1, -0.05) is 29.8 Å². The van der Waals surface area contributed by atoms with E-state index < -0.39 is 6.10 Å². The van der Waals surface area contributed by atoms with Crippen LogP contribution in [0.4, 0.5) is 0 Å². The third kappa shape index (κ3) is 3.76. The molecule has 2 atom stereocenters. The number of hydrogen-bond acceptors (Lipinski definition) is 4. The van der Waals surface area contributed by atoms with Crippen molar-refractivity contribution in [3.63, 3.8) is 0 Å². The summed E-state index contributed by atoms with van der Waals surface area (Å²) in [5.41, 5.74) is 0.916. The molecule has 104 valence electrons. The van der Waals surface area contributed by atoms with Crippen LogP contribution >= 0.6 is 11.6 Å². The molecule has 19 heavy (non-hydrogen) atoms. The Bertz CT molecular complexity index is 435. The number of carbonyl (C=O) groups excluding carboxylic acids is 1. The van der Waals surface area contributed by atoms with E-state index in [1.807, 2.05) is 24.3 Å². The number of hydrogen-bond donors (Lipinski definition) is 0. The number of benzene rings is 1. The molecule has 0 spiro atoms. The molecular weight excluding hydrogens is 268 g/mol. The normalized spacial score (nSPS) is 22.3. The standard InChI is InChI=1S/C14H17ClO4/c1-17-6-7-18-14-12(16)8-13(14)19-9-10-4-2-3-5-11(10)15/h2-5,13-14H,6-9H2,1H3. The zero-order valence-electron chi connectivity index (χ0n) is 10.8. The van der Waals surface area contributed by atoms with Gasteiger partial charge in [-0.15, -0.1) is 0 Å². The van der Waals surface area contributed by atoms with Gasteiger partial charge in [0.2, 0.25) is 0 Å². The van der Waals surface area contributed by atoms with Crippen molar-refractivity contribution in [1.82, 2.24) is 0 Å². The molecule has 0 aliphatic heterocycles. The van der Waals surface area contributed by atoms with Gasteiger partial charge < -0.3 is 14.2 Å². The van der Waals surface area contributed by atoms with Crippen molar-refractivity contribution < 1.29 is 19.0 Å². The van der Waals surface area contributed by atoms with E-state index in [-0.39, 0.29) is 11.9 Å². The van der Waals surface area contributed by atoms with Crippen LogP contribution in [0.5, 0.6) is 0 Å². The lowest BCUT2D eigenvalue weighted by atomic mass is 9.90. The van der Waals surface area contributed by atoms with Crippen molar-refractivity contribution in [3.8, 4) is 0 Å².